The minimum absolute atomic E-state index is 0.0706. The second kappa shape index (κ2) is 6.02. The molecule has 0 aliphatic carbocycles. The minimum atomic E-state index is -1.73. The molecule has 1 atom stereocenters. The summed E-state index contributed by atoms with van der Waals surface area (Å²) in [5.41, 5.74) is 4.89. The number of benzene rings is 1. The van der Waals surface area contributed by atoms with E-state index in [1.807, 2.05) is 6.07 Å². The van der Waals surface area contributed by atoms with Crippen molar-refractivity contribution in [2.45, 2.75) is 12.3 Å². The number of aromatic amines is 1. The number of carbonyl (C=O) groups is 2. The number of methoxy groups -OCH3 is 1. The molecule has 0 fully saturated rings. The minimum Gasteiger partial charge on any atom is -0.497 e. The maximum absolute atomic E-state index is 13.3. The van der Waals surface area contributed by atoms with E-state index in [4.69, 9.17) is 19.9 Å². The van der Waals surface area contributed by atoms with Gasteiger partial charge in [0.05, 0.1) is 19.3 Å². The SMILES string of the molecule is CCOC(=O)c1[nH]nc2c1C1(C(=O)Nc3ccc(OC)cc31)C(C#N)=C(N)O2. The van der Waals surface area contributed by atoms with Crippen LogP contribution >= 0.6 is 0 Å². The van der Waals surface area contributed by atoms with Crippen LogP contribution in [0, 0.1) is 11.3 Å². The molecule has 2 aromatic rings. The van der Waals surface area contributed by atoms with Crippen molar-refractivity contribution in [3.63, 3.8) is 0 Å². The van der Waals surface area contributed by atoms with E-state index in [9.17, 15) is 14.9 Å². The number of H-pyrrole nitrogens is 1. The Morgan fingerprint density at radius 1 is 1.46 bits per heavy atom. The van der Waals surface area contributed by atoms with Crippen molar-refractivity contribution in [1.29, 1.82) is 5.26 Å². The van der Waals surface area contributed by atoms with E-state index in [0.29, 0.717) is 17.0 Å². The van der Waals surface area contributed by atoms with Crippen molar-refractivity contribution < 1.29 is 23.8 Å². The number of hydrogen-bond donors (Lipinski definition) is 3. The lowest BCUT2D eigenvalue weighted by atomic mass is 9.69. The number of carbonyl (C=O) groups excluding carboxylic acids is 2. The molecule has 142 valence electrons. The predicted molar refractivity (Wildman–Crippen MR) is 94.4 cm³/mol. The Morgan fingerprint density at radius 3 is 2.93 bits per heavy atom. The Bertz CT molecular complexity index is 1100. The molecule has 0 saturated heterocycles. The molecular weight excluding hydrogens is 366 g/mol. The average molecular weight is 381 g/mol. The molecule has 10 nitrogen and oxygen atoms in total. The number of nitrogens with zero attached hydrogens (tertiary/aromatic N) is 2. The highest BCUT2D eigenvalue weighted by atomic mass is 16.5. The summed E-state index contributed by atoms with van der Waals surface area (Å²) in [4.78, 5) is 25.8. The summed E-state index contributed by atoms with van der Waals surface area (Å²) >= 11 is 0. The van der Waals surface area contributed by atoms with Gasteiger partial charge in [0.2, 0.25) is 17.7 Å². The summed E-state index contributed by atoms with van der Waals surface area (Å²) in [6.07, 6.45) is 0. The van der Waals surface area contributed by atoms with E-state index in [2.05, 4.69) is 15.5 Å². The topological polar surface area (TPSA) is 152 Å². The maximum atomic E-state index is 13.3. The zero-order chi connectivity index (χ0) is 20.1. The van der Waals surface area contributed by atoms with Gasteiger partial charge >= 0.3 is 5.97 Å². The molecular formula is C18H15N5O5. The van der Waals surface area contributed by atoms with Crippen LogP contribution in [0.3, 0.4) is 0 Å². The van der Waals surface area contributed by atoms with E-state index in [-0.39, 0.29) is 35.2 Å². The zero-order valence-electron chi connectivity index (χ0n) is 15.0. The van der Waals surface area contributed by atoms with Gasteiger partial charge < -0.3 is 25.3 Å². The maximum Gasteiger partial charge on any atom is 0.356 e. The van der Waals surface area contributed by atoms with Crippen LogP contribution in [-0.4, -0.2) is 35.8 Å². The van der Waals surface area contributed by atoms with Crippen LogP contribution in [0.15, 0.2) is 29.7 Å². The third-order valence-electron chi connectivity index (χ3n) is 4.75. The molecule has 1 aromatic heterocycles. The number of anilines is 1. The van der Waals surface area contributed by atoms with Crippen molar-refractivity contribution in [2.24, 2.45) is 5.73 Å². The number of aromatic nitrogens is 2. The Balaban J connectivity index is 2.10. The van der Waals surface area contributed by atoms with Gasteiger partial charge in [-0.2, -0.15) is 5.26 Å². The Hall–Kier alpha value is -4.00. The first-order chi connectivity index (χ1) is 13.5. The summed E-state index contributed by atoms with van der Waals surface area (Å²) in [6.45, 7) is 1.76. The number of nitrogens with two attached hydrogens (primary N) is 1. The molecule has 10 heteroatoms. The molecule has 4 N–H and O–H groups in total. The number of ether oxygens (including phenoxy) is 3. The van der Waals surface area contributed by atoms with Gasteiger partial charge in [0.25, 0.3) is 0 Å². The summed E-state index contributed by atoms with van der Waals surface area (Å²) in [5, 5.41) is 19.1. The van der Waals surface area contributed by atoms with Crippen molar-refractivity contribution in [3.8, 4) is 17.7 Å². The first kappa shape index (κ1) is 17.4. The first-order valence-electron chi connectivity index (χ1n) is 8.33. The van der Waals surface area contributed by atoms with Crippen molar-refractivity contribution >= 4 is 17.6 Å². The van der Waals surface area contributed by atoms with Crippen LogP contribution in [0.25, 0.3) is 0 Å². The van der Waals surface area contributed by atoms with Gasteiger partial charge in [-0.1, -0.05) is 0 Å². The monoisotopic (exact) mass is 381 g/mol. The molecule has 2 aliphatic rings. The van der Waals surface area contributed by atoms with Crippen LogP contribution in [0.5, 0.6) is 11.6 Å². The molecule has 1 spiro atoms. The lowest BCUT2D eigenvalue weighted by Gasteiger charge is -2.31. The molecule has 2 aliphatic heterocycles. The second-order valence-corrected chi connectivity index (χ2v) is 6.07. The third kappa shape index (κ3) is 2.04. The number of nitrogens with one attached hydrogen (secondary N) is 2. The normalized spacial score (nSPS) is 19.4. The van der Waals surface area contributed by atoms with Crippen LogP contribution in [0.4, 0.5) is 5.69 Å². The summed E-state index contributed by atoms with van der Waals surface area (Å²) in [5.74, 6) is -1.19. The Labute approximate surface area is 158 Å². The van der Waals surface area contributed by atoms with Crippen molar-refractivity contribution in [2.75, 3.05) is 19.0 Å². The number of hydrogen-bond acceptors (Lipinski definition) is 8. The molecule has 28 heavy (non-hydrogen) atoms. The lowest BCUT2D eigenvalue weighted by Crippen LogP contribution is -2.43. The number of esters is 1. The van der Waals surface area contributed by atoms with Crippen molar-refractivity contribution in [1.82, 2.24) is 10.2 Å². The fraction of sp³-hybridized carbons (Fsp3) is 0.222. The van der Waals surface area contributed by atoms with Crippen LogP contribution in [-0.2, 0) is 14.9 Å². The fourth-order valence-corrected chi connectivity index (χ4v) is 3.61. The van der Waals surface area contributed by atoms with Crippen LogP contribution in [0.1, 0.15) is 28.5 Å². The highest BCUT2D eigenvalue weighted by molar-refractivity contribution is 6.14. The Kier molecular flexibility index (Phi) is 3.74. The zero-order valence-corrected chi connectivity index (χ0v) is 15.0. The second-order valence-electron chi connectivity index (χ2n) is 6.07. The highest BCUT2D eigenvalue weighted by Gasteiger charge is 2.59. The molecule has 0 saturated carbocycles. The standard InChI is InChI=1S/C18H15N5O5/c1-3-27-16(24)13-12-15(23-22-13)28-14(20)10(7-19)18(12)9-6-8(26-2)4-5-11(9)21-17(18)25/h4-6H,3,20H2,1-2H3,(H,21,25)(H,22,23). The van der Waals surface area contributed by atoms with E-state index >= 15 is 0 Å². The van der Waals surface area contributed by atoms with Gasteiger partial charge in [0.1, 0.15) is 22.8 Å². The van der Waals surface area contributed by atoms with Gasteiger partial charge in [-0.05, 0) is 25.1 Å². The third-order valence-corrected chi connectivity index (χ3v) is 4.75. The first-order valence-corrected chi connectivity index (χ1v) is 8.33. The summed E-state index contributed by atoms with van der Waals surface area (Å²) in [7, 11) is 1.48. The smallest absolute Gasteiger partial charge is 0.356 e. The van der Waals surface area contributed by atoms with Gasteiger partial charge in [-0.15, -0.1) is 5.10 Å². The largest absolute Gasteiger partial charge is 0.497 e. The number of amides is 1. The predicted octanol–water partition coefficient (Wildman–Crippen LogP) is 0.919. The number of fused-ring (bicyclic) bond motifs is 4. The van der Waals surface area contributed by atoms with Crippen LogP contribution < -0.4 is 20.5 Å². The number of rotatable bonds is 3. The molecule has 1 unspecified atom stereocenters. The molecule has 1 amide bonds. The van der Waals surface area contributed by atoms with Crippen molar-refractivity contribution in [3.05, 3.63) is 46.5 Å². The van der Waals surface area contributed by atoms with E-state index < -0.39 is 17.3 Å². The summed E-state index contributed by atoms with van der Waals surface area (Å²) in [6, 6.07) is 6.87. The van der Waals surface area contributed by atoms with E-state index in [1.54, 1.807) is 25.1 Å². The lowest BCUT2D eigenvalue weighted by molar-refractivity contribution is -0.118. The average Bonchev–Trinajstić information content (AvgIpc) is 3.22. The van der Waals surface area contributed by atoms with Gasteiger partial charge in [-0.3, -0.25) is 9.89 Å². The molecule has 0 radical (unpaired) electrons. The quantitative estimate of drug-likeness (QED) is 0.664. The van der Waals surface area contributed by atoms with Gasteiger partial charge in [-0.25, -0.2) is 4.79 Å². The summed E-state index contributed by atoms with van der Waals surface area (Å²) < 4.78 is 15.8. The molecule has 3 heterocycles. The highest BCUT2D eigenvalue weighted by Crippen LogP contribution is 2.54. The molecule has 1 aromatic carbocycles. The van der Waals surface area contributed by atoms with E-state index in [1.165, 1.54) is 7.11 Å². The molecule has 4 rings (SSSR count). The van der Waals surface area contributed by atoms with Gasteiger partial charge in [0, 0.05) is 11.3 Å². The number of nitriles is 1. The van der Waals surface area contributed by atoms with E-state index in [0.717, 1.165) is 0 Å². The molecule has 0 bridgehead atoms. The Morgan fingerprint density at radius 2 is 2.25 bits per heavy atom. The fourth-order valence-electron chi connectivity index (χ4n) is 3.61. The van der Waals surface area contributed by atoms with Crippen LogP contribution in [0.2, 0.25) is 0 Å². The van der Waals surface area contributed by atoms with Gasteiger partial charge in [0.15, 0.2) is 5.69 Å².